The number of hydrogen-bond acceptors (Lipinski definition) is 4. The molecular weight excluding hydrogens is 324 g/mol. The maximum atomic E-state index is 10.8. The molecule has 0 unspecified atom stereocenters. The van der Waals surface area contributed by atoms with Gasteiger partial charge < -0.3 is 10.4 Å². The highest BCUT2D eigenvalue weighted by Gasteiger charge is 2.12. The van der Waals surface area contributed by atoms with Crippen LogP contribution in [-0.4, -0.2) is 10.0 Å². The van der Waals surface area contributed by atoms with E-state index in [1.54, 1.807) is 18.2 Å². The van der Waals surface area contributed by atoms with E-state index >= 15 is 0 Å². The molecule has 0 aromatic heterocycles. The molecule has 0 radical (unpaired) electrons. The molecule has 20 heavy (non-hydrogen) atoms. The lowest BCUT2D eigenvalue weighted by atomic mass is 10.1. The van der Waals surface area contributed by atoms with E-state index in [4.69, 9.17) is 0 Å². The first-order valence-electron chi connectivity index (χ1n) is 5.98. The summed E-state index contributed by atoms with van der Waals surface area (Å²) in [4.78, 5) is 10.4. The number of nitrogens with one attached hydrogen (secondary N) is 1. The van der Waals surface area contributed by atoms with Gasteiger partial charge in [-0.05, 0) is 33.6 Å². The molecule has 6 heteroatoms. The summed E-state index contributed by atoms with van der Waals surface area (Å²) in [6, 6.07) is 12.1. The second-order valence-electron chi connectivity index (χ2n) is 4.28. The maximum absolute atomic E-state index is 10.8. The van der Waals surface area contributed by atoms with E-state index in [1.807, 2.05) is 18.2 Å². The van der Waals surface area contributed by atoms with Gasteiger partial charge in [0.25, 0.3) is 5.69 Å². The molecule has 0 spiro atoms. The highest BCUT2D eigenvalue weighted by atomic mass is 79.9. The zero-order valence-corrected chi connectivity index (χ0v) is 12.1. The SMILES string of the molecule is O=[N+]([O-])c1cc(CNCc2ccccc2O)ccc1Br. The summed E-state index contributed by atoms with van der Waals surface area (Å²) >= 11 is 3.15. The molecule has 0 aliphatic carbocycles. The summed E-state index contributed by atoms with van der Waals surface area (Å²) in [5.41, 5.74) is 1.65. The Balaban J connectivity index is 2.00. The Bertz CT molecular complexity index is 632. The number of aromatic hydroxyl groups is 1. The highest BCUT2D eigenvalue weighted by molar-refractivity contribution is 9.10. The van der Waals surface area contributed by atoms with Gasteiger partial charge in [-0.15, -0.1) is 0 Å². The number of phenols is 1. The van der Waals surface area contributed by atoms with Crippen LogP contribution in [0.2, 0.25) is 0 Å². The first kappa shape index (κ1) is 14.5. The van der Waals surface area contributed by atoms with E-state index in [9.17, 15) is 15.2 Å². The van der Waals surface area contributed by atoms with Crippen molar-refractivity contribution >= 4 is 21.6 Å². The van der Waals surface area contributed by atoms with Crippen LogP contribution in [0.25, 0.3) is 0 Å². The minimum atomic E-state index is -0.420. The molecule has 2 N–H and O–H groups in total. The van der Waals surface area contributed by atoms with Crippen molar-refractivity contribution in [2.24, 2.45) is 0 Å². The molecule has 0 fully saturated rings. The monoisotopic (exact) mass is 336 g/mol. The van der Waals surface area contributed by atoms with Gasteiger partial charge in [0.1, 0.15) is 5.75 Å². The Labute approximate surface area is 124 Å². The lowest BCUT2D eigenvalue weighted by Crippen LogP contribution is -2.12. The van der Waals surface area contributed by atoms with Crippen molar-refractivity contribution in [3.8, 4) is 5.75 Å². The molecule has 0 bridgehead atoms. The maximum Gasteiger partial charge on any atom is 0.283 e. The van der Waals surface area contributed by atoms with E-state index < -0.39 is 4.92 Å². The number of phenolic OH excluding ortho intramolecular Hbond substituents is 1. The van der Waals surface area contributed by atoms with Crippen LogP contribution in [0.5, 0.6) is 5.75 Å². The number of halogens is 1. The third kappa shape index (κ3) is 3.55. The predicted molar refractivity (Wildman–Crippen MR) is 79.4 cm³/mol. The summed E-state index contributed by atoms with van der Waals surface area (Å²) in [5, 5.41) is 23.6. The largest absolute Gasteiger partial charge is 0.508 e. The van der Waals surface area contributed by atoms with Gasteiger partial charge in [-0.2, -0.15) is 0 Å². The molecule has 2 aromatic carbocycles. The summed E-state index contributed by atoms with van der Waals surface area (Å²) in [5.74, 6) is 0.238. The molecule has 0 saturated carbocycles. The Hall–Kier alpha value is -1.92. The van der Waals surface area contributed by atoms with Crippen molar-refractivity contribution in [1.29, 1.82) is 0 Å². The molecule has 0 heterocycles. The van der Waals surface area contributed by atoms with E-state index in [0.717, 1.165) is 11.1 Å². The molecule has 0 aliphatic rings. The van der Waals surface area contributed by atoms with E-state index in [2.05, 4.69) is 21.2 Å². The van der Waals surface area contributed by atoms with Crippen LogP contribution >= 0.6 is 15.9 Å². The Morgan fingerprint density at radius 2 is 1.95 bits per heavy atom. The standard InChI is InChI=1S/C14H13BrN2O3/c15-12-6-5-10(7-13(12)17(19)20)8-16-9-11-3-1-2-4-14(11)18/h1-7,16,18H,8-9H2. The van der Waals surface area contributed by atoms with E-state index in [1.165, 1.54) is 6.07 Å². The van der Waals surface area contributed by atoms with E-state index in [-0.39, 0.29) is 11.4 Å². The number of nitro benzene ring substituents is 1. The number of nitrogens with zero attached hydrogens (tertiary/aromatic N) is 1. The number of hydrogen-bond donors (Lipinski definition) is 2. The molecule has 0 aliphatic heterocycles. The molecule has 0 atom stereocenters. The highest BCUT2D eigenvalue weighted by Crippen LogP contribution is 2.25. The minimum Gasteiger partial charge on any atom is -0.508 e. The Morgan fingerprint density at radius 1 is 1.20 bits per heavy atom. The average Bonchev–Trinajstić information content (AvgIpc) is 2.42. The number of para-hydroxylation sites is 1. The lowest BCUT2D eigenvalue weighted by Gasteiger charge is -2.07. The zero-order valence-electron chi connectivity index (χ0n) is 10.5. The number of rotatable bonds is 5. The Morgan fingerprint density at radius 3 is 2.65 bits per heavy atom. The van der Waals surface area contributed by atoms with Crippen molar-refractivity contribution in [3.05, 3.63) is 68.2 Å². The van der Waals surface area contributed by atoms with Gasteiger partial charge in [0.05, 0.1) is 9.40 Å². The van der Waals surface area contributed by atoms with Crippen molar-refractivity contribution in [2.75, 3.05) is 0 Å². The van der Waals surface area contributed by atoms with Crippen molar-refractivity contribution in [3.63, 3.8) is 0 Å². The summed E-state index contributed by atoms with van der Waals surface area (Å²) in [6.07, 6.45) is 0. The molecule has 2 rings (SSSR count). The van der Waals surface area contributed by atoms with E-state index in [0.29, 0.717) is 17.6 Å². The van der Waals surface area contributed by atoms with Gasteiger partial charge in [0.2, 0.25) is 0 Å². The topological polar surface area (TPSA) is 75.4 Å². The normalized spacial score (nSPS) is 10.4. The molecule has 2 aromatic rings. The molecular formula is C14H13BrN2O3. The molecule has 5 nitrogen and oxygen atoms in total. The van der Waals surface area contributed by atoms with Crippen LogP contribution in [0.4, 0.5) is 5.69 Å². The zero-order chi connectivity index (χ0) is 14.5. The van der Waals surface area contributed by atoms with Gasteiger partial charge in [-0.25, -0.2) is 0 Å². The minimum absolute atomic E-state index is 0.0480. The second kappa shape index (κ2) is 6.49. The summed E-state index contributed by atoms with van der Waals surface area (Å²) in [7, 11) is 0. The summed E-state index contributed by atoms with van der Waals surface area (Å²) < 4.78 is 0.465. The van der Waals surface area contributed by atoms with Gasteiger partial charge in [0.15, 0.2) is 0 Å². The average molecular weight is 337 g/mol. The fourth-order valence-corrected chi connectivity index (χ4v) is 2.20. The molecule has 0 saturated heterocycles. The lowest BCUT2D eigenvalue weighted by molar-refractivity contribution is -0.385. The van der Waals surface area contributed by atoms with Crippen LogP contribution in [0.3, 0.4) is 0 Å². The smallest absolute Gasteiger partial charge is 0.283 e. The van der Waals surface area contributed by atoms with Crippen LogP contribution < -0.4 is 5.32 Å². The van der Waals surface area contributed by atoms with Crippen LogP contribution in [0.1, 0.15) is 11.1 Å². The first-order valence-corrected chi connectivity index (χ1v) is 6.77. The third-order valence-corrected chi connectivity index (χ3v) is 3.51. The number of benzene rings is 2. The fourth-order valence-electron chi connectivity index (χ4n) is 1.81. The first-order chi connectivity index (χ1) is 9.58. The van der Waals surface area contributed by atoms with Gasteiger partial charge >= 0.3 is 0 Å². The van der Waals surface area contributed by atoms with Crippen LogP contribution in [-0.2, 0) is 13.1 Å². The van der Waals surface area contributed by atoms with Crippen molar-refractivity contribution in [2.45, 2.75) is 13.1 Å². The molecule has 104 valence electrons. The van der Waals surface area contributed by atoms with Gasteiger partial charge in [-0.1, -0.05) is 24.3 Å². The molecule has 0 amide bonds. The van der Waals surface area contributed by atoms with Crippen molar-refractivity contribution in [1.82, 2.24) is 5.32 Å². The fraction of sp³-hybridized carbons (Fsp3) is 0.143. The Kier molecular flexibility index (Phi) is 4.70. The summed E-state index contributed by atoms with van der Waals surface area (Å²) in [6.45, 7) is 0.985. The predicted octanol–water partition coefficient (Wildman–Crippen LogP) is 3.35. The van der Waals surface area contributed by atoms with Crippen molar-refractivity contribution < 1.29 is 10.0 Å². The quantitative estimate of drug-likeness (QED) is 0.648. The van der Waals surface area contributed by atoms with Crippen LogP contribution in [0, 0.1) is 10.1 Å². The third-order valence-electron chi connectivity index (χ3n) is 2.84. The van der Waals surface area contributed by atoms with Gasteiger partial charge in [-0.3, -0.25) is 10.1 Å². The van der Waals surface area contributed by atoms with Gasteiger partial charge in [0, 0.05) is 24.7 Å². The number of nitro groups is 1. The second-order valence-corrected chi connectivity index (χ2v) is 5.13. The van der Waals surface area contributed by atoms with Crippen LogP contribution in [0.15, 0.2) is 46.9 Å².